The maximum absolute atomic E-state index is 4.36. The van der Waals surface area contributed by atoms with Gasteiger partial charge in [0.25, 0.3) is 0 Å². The van der Waals surface area contributed by atoms with E-state index in [1.165, 1.54) is 32.1 Å². The van der Waals surface area contributed by atoms with E-state index >= 15 is 0 Å². The number of nitrogens with one attached hydrogen (secondary N) is 2. The molecule has 2 fully saturated rings. The minimum Gasteiger partial charge on any atom is -0.367 e. The van der Waals surface area contributed by atoms with Crippen molar-refractivity contribution in [2.75, 3.05) is 11.9 Å². The Balaban J connectivity index is 1.62. The lowest BCUT2D eigenvalue weighted by molar-refractivity contribution is 0.135. The molecule has 2 aliphatic rings. The third-order valence-corrected chi connectivity index (χ3v) is 4.52. The lowest BCUT2D eigenvalue weighted by Gasteiger charge is -2.48. The number of anilines is 1. The molecule has 0 bridgehead atoms. The van der Waals surface area contributed by atoms with Crippen LogP contribution in [0.2, 0.25) is 0 Å². The van der Waals surface area contributed by atoms with E-state index in [1.54, 1.807) is 6.33 Å². The summed E-state index contributed by atoms with van der Waals surface area (Å²) in [5, 5.41) is 7.32. The minimum absolute atomic E-state index is 0.440. The van der Waals surface area contributed by atoms with Gasteiger partial charge >= 0.3 is 0 Å². The zero-order valence-electron chi connectivity index (χ0n) is 11.8. The average molecular weight is 260 g/mol. The van der Waals surface area contributed by atoms with Crippen LogP contribution in [0.1, 0.15) is 51.1 Å². The fourth-order valence-electron chi connectivity index (χ4n) is 3.34. The Morgan fingerprint density at radius 1 is 1.42 bits per heavy atom. The van der Waals surface area contributed by atoms with Crippen LogP contribution in [-0.2, 0) is 6.42 Å². The van der Waals surface area contributed by atoms with Gasteiger partial charge in [-0.05, 0) is 45.1 Å². The van der Waals surface area contributed by atoms with Crippen LogP contribution >= 0.6 is 0 Å². The highest BCUT2D eigenvalue weighted by Crippen LogP contribution is 2.38. The van der Waals surface area contributed by atoms with Gasteiger partial charge in [0.2, 0.25) is 0 Å². The van der Waals surface area contributed by atoms with Crippen molar-refractivity contribution in [2.45, 2.75) is 63.5 Å². The van der Waals surface area contributed by atoms with Gasteiger partial charge in [0.05, 0.1) is 0 Å². The summed E-state index contributed by atoms with van der Waals surface area (Å²) in [7, 11) is 0. The van der Waals surface area contributed by atoms with Crippen LogP contribution in [0.3, 0.4) is 0 Å². The molecule has 1 spiro atoms. The molecular weight excluding hydrogens is 236 g/mol. The fraction of sp³-hybridized carbons (Fsp3) is 0.733. The normalized spacial score (nSPS) is 25.0. The molecule has 0 aromatic carbocycles. The minimum atomic E-state index is 0.440. The van der Waals surface area contributed by atoms with Crippen molar-refractivity contribution in [3.05, 3.63) is 18.1 Å². The van der Waals surface area contributed by atoms with Crippen LogP contribution in [0.4, 0.5) is 5.82 Å². The maximum atomic E-state index is 4.36. The average Bonchev–Trinajstić information content (AvgIpc) is 2.38. The highest BCUT2D eigenvalue weighted by atomic mass is 15.1. The molecule has 2 N–H and O–H groups in total. The Kier molecular flexibility index (Phi) is 3.69. The zero-order valence-corrected chi connectivity index (χ0v) is 11.8. The van der Waals surface area contributed by atoms with Gasteiger partial charge in [-0.2, -0.15) is 0 Å². The van der Waals surface area contributed by atoms with Gasteiger partial charge in [-0.25, -0.2) is 9.97 Å². The highest BCUT2D eigenvalue weighted by Gasteiger charge is 2.40. The molecule has 104 valence electrons. The Morgan fingerprint density at radius 3 is 3.05 bits per heavy atom. The van der Waals surface area contributed by atoms with Crippen LogP contribution < -0.4 is 10.6 Å². The molecule has 1 aliphatic heterocycles. The second-order valence-electron chi connectivity index (χ2n) is 6.04. The van der Waals surface area contributed by atoms with E-state index in [1.807, 2.05) is 0 Å². The van der Waals surface area contributed by atoms with Crippen molar-refractivity contribution in [1.29, 1.82) is 0 Å². The van der Waals surface area contributed by atoms with E-state index in [0.29, 0.717) is 11.6 Å². The molecule has 19 heavy (non-hydrogen) atoms. The number of hydrogen-bond donors (Lipinski definition) is 2. The van der Waals surface area contributed by atoms with E-state index in [9.17, 15) is 0 Å². The molecular formula is C15H24N4. The van der Waals surface area contributed by atoms with Crippen molar-refractivity contribution >= 4 is 5.82 Å². The summed E-state index contributed by atoms with van der Waals surface area (Å²) in [6.07, 6.45) is 10.3. The van der Waals surface area contributed by atoms with Crippen LogP contribution in [-0.4, -0.2) is 28.1 Å². The monoisotopic (exact) mass is 260 g/mol. The largest absolute Gasteiger partial charge is 0.367 e. The molecule has 0 radical (unpaired) electrons. The summed E-state index contributed by atoms with van der Waals surface area (Å²) in [6, 6.07) is 2.67. The van der Waals surface area contributed by atoms with E-state index in [4.69, 9.17) is 0 Å². The standard InChI is InChI=1S/C15H24N4/c1-2-4-12-9-14(17-11-16-12)19-13-5-8-18-15(10-13)6-3-7-15/h9,11,13,18H,2-8,10H2,1H3,(H,16,17,19). The number of piperidine rings is 1. The van der Waals surface area contributed by atoms with E-state index in [-0.39, 0.29) is 0 Å². The quantitative estimate of drug-likeness (QED) is 0.873. The van der Waals surface area contributed by atoms with Crippen molar-refractivity contribution in [3.8, 4) is 0 Å². The van der Waals surface area contributed by atoms with Crippen molar-refractivity contribution in [2.24, 2.45) is 0 Å². The first kappa shape index (κ1) is 12.9. The molecule has 1 aromatic rings. The number of rotatable bonds is 4. The third kappa shape index (κ3) is 2.89. The molecule has 1 saturated carbocycles. The summed E-state index contributed by atoms with van der Waals surface area (Å²) >= 11 is 0. The number of aromatic nitrogens is 2. The van der Waals surface area contributed by atoms with Gasteiger partial charge in [0.15, 0.2) is 0 Å². The third-order valence-electron chi connectivity index (χ3n) is 4.52. The van der Waals surface area contributed by atoms with Gasteiger partial charge in [-0.3, -0.25) is 0 Å². The Labute approximate surface area is 115 Å². The summed E-state index contributed by atoms with van der Waals surface area (Å²) in [6.45, 7) is 3.31. The first-order valence-electron chi connectivity index (χ1n) is 7.62. The van der Waals surface area contributed by atoms with Gasteiger partial charge in [-0.15, -0.1) is 0 Å². The summed E-state index contributed by atoms with van der Waals surface area (Å²) in [5.41, 5.74) is 1.59. The van der Waals surface area contributed by atoms with Crippen molar-refractivity contribution < 1.29 is 0 Å². The second-order valence-corrected chi connectivity index (χ2v) is 6.04. The first-order chi connectivity index (χ1) is 9.30. The van der Waals surface area contributed by atoms with Crippen LogP contribution in [0, 0.1) is 0 Å². The fourth-order valence-corrected chi connectivity index (χ4v) is 3.34. The van der Waals surface area contributed by atoms with Gasteiger partial charge in [0, 0.05) is 23.3 Å². The zero-order chi connectivity index (χ0) is 13.1. The first-order valence-corrected chi connectivity index (χ1v) is 7.62. The van der Waals surface area contributed by atoms with E-state index in [2.05, 4.69) is 33.6 Å². The number of aryl methyl sites for hydroxylation is 1. The molecule has 1 saturated heterocycles. The molecule has 1 aromatic heterocycles. The van der Waals surface area contributed by atoms with E-state index < -0.39 is 0 Å². The highest BCUT2D eigenvalue weighted by molar-refractivity contribution is 5.36. The maximum Gasteiger partial charge on any atom is 0.129 e. The van der Waals surface area contributed by atoms with E-state index in [0.717, 1.165) is 30.9 Å². The van der Waals surface area contributed by atoms with Crippen molar-refractivity contribution in [1.82, 2.24) is 15.3 Å². The van der Waals surface area contributed by atoms with Crippen LogP contribution in [0.5, 0.6) is 0 Å². The lowest BCUT2D eigenvalue weighted by atomic mass is 9.70. The molecule has 0 amide bonds. The van der Waals surface area contributed by atoms with Gasteiger partial charge in [-0.1, -0.05) is 13.3 Å². The lowest BCUT2D eigenvalue weighted by Crippen LogP contribution is -2.58. The second kappa shape index (κ2) is 5.45. The van der Waals surface area contributed by atoms with Crippen LogP contribution in [0.15, 0.2) is 12.4 Å². The summed E-state index contributed by atoms with van der Waals surface area (Å²) in [4.78, 5) is 8.68. The topological polar surface area (TPSA) is 49.8 Å². The Morgan fingerprint density at radius 2 is 2.32 bits per heavy atom. The van der Waals surface area contributed by atoms with Gasteiger partial charge < -0.3 is 10.6 Å². The predicted octanol–water partition coefficient (Wildman–Crippen LogP) is 2.52. The summed E-state index contributed by atoms with van der Waals surface area (Å²) in [5.74, 6) is 1.000. The summed E-state index contributed by atoms with van der Waals surface area (Å²) < 4.78 is 0. The SMILES string of the molecule is CCCc1cc(NC2CCNC3(CCC3)C2)ncn1. The molecule has 2 heterocycles. The van der Waals surface area contributed by atoms with Crippen molar-refractivity contribution in [3.63, 3.8) is 0 Å². The Hall–Kier alpha value is -1.16. The number of hydrogen-bond acceptors (Lipinski definition) is 4. The van der Waals surface area contributed by atoms with Gasteiger partial charge in [0.1, 0.15) is 12.1 Å². The molecule has 3 rings (SSSR count). The molecule has 1 unspecified atom stereocenters. The smallest absolute Gasteiger partial charge is 0.129 e. The number of nitrogens with zero attached hydrogens (tertiary/aromatic N) is 2. The molecule has 1 atom stereocenters. The molecule has 1 aliphatic carbocycles. The Bertz CT molecular complexity index is 428. The molecule has 4 heteroatoms. The van der Waals surface area contributed by atoms with Crippen LogP contribution in [0.25, 0.3) is 0 Å². The predicted molar refractivity (Wildman–Crippen MR) is 77.3 cm³/mol. The molecule has 4 nitrogen and oxygen atoms in total.